The number of hydrogen-bond acceptors (Lipinski definition) is 5. The molecule has 0 fully saturated rings. The van der Waals surface area contributed by atoms with Gasteiger partial charge in [-0.3, -0.25) is 9.97 Å². The van der Waals surface area contributed by atoms with Crippen LogP contribution in [0.2, 0.25) is 5.02 Å². The summed E-state index contributed by atoms with van der Waals surface area (Å²) in [5.74, 6) is -0.873. The van der Waals surface area contributed by atoms with E-state index in [-0.39, 0.29) is 0 Å². The summed E-state index contributed by atoms with van der Waals surface area (Å²) in [4.78, 5) is 23.4. The number of rotatable bonds is 5. The molecule has 1 atom stereocenters. The molecule has 0 bridgehead atoms. The van der Waals surface area contributed by atoms with Crippen molar-refractivity contribution >= 4 is 34.2 Å². The number of pyridine rings is 2. The van der Waals surface area contributed by atoms with Gasteiger partial charge in [-0.25, -0.2) is 4.79 Å². The van der Waals surface area contributed by atoms with E-state index in [1.807, 2.05) is 61.5 Å². The Labute approximate surface area is 184 Å². The largest absolute Gasteiger partial charge is 0.479 e. The maximum Gasteiger partial charge on any atom is 0.337 e. The van der Waals surface area contributed by atoms with Crippen LogP contribution in [0.15, 0.2) is 61.1 Å². The van der Waals surface area contributed by atoms with Gasteiger partial charge < -0.3 is 10.0 Å². The van der Waals surface area contributed by atoms with Crippen LogP contribution in [0, 0.1) is 13.8 Å². The van der Waals surface area contributed by atoms with Crippen LogP contribution < -0.4 is 0 Å². The second-order valence-electron chi connectivity index (χ2n) is 7.18. The van der Waals surface area contributed by atoms with Gasteiger partial charge >= 0.3 is 5.97 Å². The number of carboxylic acids is 1. The molecular weight excluding hydrogens is 418 g/mol. The minimum Gasteiger partial charge on any atom is -0.479 e. The van der Waals surface area contributed by atoms with Crippen LogP contribution in [0.5, 0.6) is 0 Å². The fourth-order valence-electron chi connectivity index (χ4n) is 3.47. The van der Waals surface area contributed by atoms with Crippen molar-refractivity contribution in [2.45, 2.75) is 25.8 Å². The highest BCUT2D eigenvalue weighted by Gasteiger charge is 2.32. The lowest BCUT2D eigenvalue weighted by Crippen LogP contribution is -2.31. The molecule has 0 radical (unpaired) electrons. The topological polar surface area (TPSA) is 66.3 Å². The molecule has 30 heavy (non-hydrogen) atoms. The van der Waals surface area contributed by atoms with Crippen molar-refractivity contribution in [1.29, 1.82) is 0 Å². The van der Waals surface area contributed by atoms with Crippen LogP contribution >= 0.6 is 23.4 Å². The number of carboxylic acid groups (broad SMARTS) is 1. The average Bonchev–Trinajstić information content (AvgIpc) is 3.12. The first-order valence-corrected chi connectivity index (χ1v) is 10.7. The predicted octanol–water partition coefficient (Wildman–Crippen LogP) is 5.37. The van der Waals surface area contributed by atoms with E-state index < -0.39 is 11.3 Å². The number of halogens is 1. The van der Waals surface area contributed by atoms with Gasteiger partial charge in [-0.05, 0) is 54.8 Å². The molecule has 1 unspecified atom stereocenters. The maximum absolute atomic E-state index is 11.8. The van der Waals surface area contributed by atoms with E-state index >= 15 is 0 Å². The van der Waals surface area contributed by atoms with Crippen molar-refractivity contribution < 1.29 is 9.90 Å². The molecule has 1 aliphatic heterocycles. The van der Waals surface area contributed by atoms with Gasteiger partial charge in [0.15, 0.2) is 5.37 Å². The van der Waals surface area contributed by atoms with E-state index in [0.717, 1.165) is 38.5 Å². The standard InChI is InChI=1S/C23H20ClN3O2S/c1-14-8-16(11-26-21(14)18-6-7-25-15(2)9-18)12-27-13-20(30-22(27)23(28)29)17-4-3-5-19(24)10-17/h3-11,13,22H,12H2,1-2H3,(H,28,29). The molecule has 1 aliphatic rings. The molecule has 2 aromatic heterocycles. The van der Waals surface area contributed by atoms with E-state index in [1.54, 1.807) is 12.3 Å². The lowest BCUT2D eigenvalue weighted by Gasteiger charge is -2.21. The molecule has 5 nitrogen and oxygen atoms in total. The van der Waals surface area contributed by atoms with Crippen molar-refractivity contribution in [3.63, 3.8) is 0 Å². The van der Waals surface area contributed by atoms with E-state index in [1.165, 1.54) is 11.8 Å². The van der Waals surface area contributed by atoms with Gasteiger partial charge in [0.05, 0.1) is 5.69 Å². The van der Waals surface area contributed by atoms with Crippen LogP contribution in [0.3, 0.4) is 0 Å². The van der Waals surface area contributed by atoms with Gasteiger partial charge in [0.25, 0.3) is 0 Å². The SMILES string of the molecule is Cc1cc(-c2ncc(CN3C=C(c4cccc(Cl)c4)SC3C(=O)O)cc2C)ccn1. The quantitative estimate of drug-likeness (QED) is 0.578. The highest BCUT2D eigenvalue weighted by atomic mass is 35.5. The Morgan fingerprint density at radius 3 is 2.70 bits per heavy atom. The summed E-state index contributed by atoms with van der Waals surface area (Å²) < 4.78 is 0. The van der Waals surface area contributed by atoms with E-state index in [2.05, 4.69) is 16.0 Å². The van der Waals surface area contributed by atoms with E-state index in [4.69, 9.17) is 11.6 Å². The van der Waals surface area contributed by atoms with Crippen molar-refractivity contribution in [3.8, 4) is 11.3 Å². The van der Waals surface area contributed by atoms with Crippen molar-refractivity contribution in [2.24, 2.45) is 0 Å². The first-order valence-electron chi connectivity index (χ1n) is 9.42. The third-order valence-electron chi connectivity index (χ3n) is 4.81. The number of benzene rings is 1. The fourth-order valence-corrected chi connectivity index (χ4v) is 4.73. The molecule has 0 aliphatic carbocycles. The number of carbonyl (C=O) groups is 1. The van der Waals surface area contributed by atoms with Gasteiger partial charge in [-0.2, -0.15) is 0 Å². The van der Waals surface area contributed by atoms with E-state index in [0.29, 0.717) is 11.6 Å². The molecule has 0 spiro atoms. The Kier molecular flexibility index (Phi) is 5.79. The first-order chi connectivity index (χ1) is 14.4. The average molecular weight is 438 g/mol. The molecule has 0 saturated heterocycles. The number of aryl methyl sites for hydroxylation is 2. The summed E-state index contributed by atoms with van der Waals surface area (Å²) in [6.45, 7) is 4.42. The summed E-state index contributed by atoms with van der Waals surface area (Å²) in [6, 6.07) is 13.5. The van der Waals surface area contributed by atoms with Crippen LogP contribution in [0.4, 0.5) is 0 Å². The Morgan fingerprint density at radius 1 is 1.17 bits per heavy atom. The summed E-state index contributed by atoms with van der Waals surface area (Å²) >= 11 is 7.42. The molecule has 3 aromatic rings. The molecule has 0 amide bonds. The van der Waals surface area contributed by atoms with Crippen molar-refractivity contribution in [2.75, 3.05) is 0 Å². The Bertz CT molecular complexity index is 1150. The molecular formula is C23H20ClN3O2S. The summed E-state index contributed by atoms with van der Waals surface area (Å²) in [7, 11) is 0. The number of nitrogens with zero attached hydrogens (tertiary/aromatic N) is 3. The normalized spacial score (nSPS) is 15.9. The third kappa shape index (κ3) is 4.35. The lowest BCUT2D eigenvalue weighted by molar-refractivity contribution is -0.139. The minimum absolute atomic E-state index is 0.456. The molecule has 152 valence electrons. The Morgan fingerprint density at radius 2 is 2.00 bits per heavy atom. The lowest BCUT2D eigenvalue weighted by atomic mass is 10.1. The highest BCUT2D eigenvalue weighted by molar-refractivity contribution is 8.09. The van der Waals surface area contributed by atoms with Crippen LogP contribution in [-0.2, 0) is 11.3 Å². The number of thioether (sulfide) groups is 1. The highest BCUT2D eigenvalue weighted by Crippen LogP contribution is 2.41. The third-order valence-corrected chi connectivity index (χ3v) is 6.34. The summed E-state index contributed by atoms with van der Waals surface area (Å²) in [5.41, 5.74) is 5.78. The zero-order valence-electron chi connectivity index (χ0n) is 16.5. The fraction of sp³-hybridized carbons (Fsp3) is 0.174. The minimum atomic E-state index is -0.873. The van der Waals surface area contributed by atoms with Crippen LogP contribution in [0.25, 0.3) is 16.2 Å². The van der Waals surface area contributed by atoms with Crippen LogP contribution in [-0.4, -0.2) is 31.3 Å². The predicted molar refractivity (Wildman–Crippen MR) is 121 cm³/mol. The van der Waals surface area contributed by atoms with E-state index in [9.17, 15) is 9.90 Å². The smallest absolute Gasteiger partial charge is 0.337 e. The molecule has 1 aromatic carbocycles. The molecule has 7 heteroatoms. The maximum atomic E-state index is 11.8. The number of hydrogen-bond donors (Lipinski definition) is 1. The van der Waals surface area contributed by atoms with Gasteiger partial charge in [0.1, 0.15) is 0 Å². The zero-order valence-corrected chi connectivity index (χ0v) is 18.1. The first kappa shape index (κ1) is 20.4. The molecule has 3 heterocycles. The van der Waals surface area contributed by atoms with Gasteiger partial charge in [-0.1, -0.05) is 41.6 Å². The summed E-state index contributed by atoms with van der Waals surface area (Å²) in [5, 5.41) is 9.64. The second-order valence-corrected chi connectivity index (χ2v) is 8.74. The second kappa shape index (κ2) is 8.50. The molecule has 0 saturated carbocycles. The van der Waals surface area contributed by atoms with Crippen molar-refractivity contribution in [3.05, 3.63) is 88.5 Å². The Hall–Kier alpha value is -2.83. The monoisotopic (exact) mass is 437 g/mol. The molecule has 1 N–H and O–H groups in total. The Balaban J connectivity index is 1.60. The van der Waals surface area contributed by atoms with Crippen LogP contribution in [0.1, 0.15) is 22.4 Å². The number of aromatic nitrogens is 2. The van der Waals surface area contributed by atoms with Crippen molar-refractivity contribution in [1.82, 2.24) is 14.9 Å². The summed E-state index contributed by atoms with van der Waals surface area (Å²) in [6.07, 6.45) is 5.48. The number of aliphatic carboxylic acids is 1. The van der Waals surface area contributed by atoms with Gasteiger partial charge in [-0.15, -0.1) is 0 Å². The van der Waals surface area contributed by atoms with Gasteiger partial charge in [0, 0.05) is 46.3 Å². The van der Waals surface area contributed by atoms with Gasteiger partial charge in [0.2, 0.25) is 0 Å². The zero-order chi connectivity index (χ0) is 21.3. The molecule has 4 rings (SSSR count).